The molecule has 1 rings (SSSR count). The summed E-state index contributed by atoms with van der Waals surface area (Å²) in [6.45, 7) is 3.19. The van der Waals surface area contributed by atoms with E-state index in [1.807, 2.05) is 5.01 Å². The molecule has 1 aliphatic heterocycles. The third kappa shape index (κ3) is 3.23. The number of nitrogens with zero attached hydrogens (tertiary/aromatic N) is 1. The second-order valence-corrected chi connectivity index (χ2v) is 4.56. The maximum absolute atomic E-state index is 6.29. The van der Waals surface area contributed by atoms with Crippen LogP contribution >= 0.6 is 0 Å². The monoisotopic (exact) mass is 199 g/mol. The van der Waals surface area contributed by atoms with E-state index in [1.165, 1.54) is 38.5 Å². The van der Waals surface area contributed by atoms with E-state index in [9.17, 15) is 0 Å². The molecular formula is C11H25N3. The summed E-state index contributed by atoms with van der Waals surface area (Å²) in [6, 6.07) is 0. The van der Waals surface area contributed by atoms with Crippen LogP contribution in [0.5, 0.6) is 0 Å². The van der Waals surface area contributed by atoms with Crippen molar-refractivity contribution in [3.8, 4) is 0 Å². The molecular weight excluding hydrogens is 174 g/mol. The number of hydrogen-bond donors (Lipinski definition) is 2. The highest BCUT2D eigenvalue weighted by atomic mass is 15.5. The van der Waals surface area contributed by atoms with Gasteiger partial charge in [0.05, 0.1) is 5.66 Å². The molecule has 1 atom stereocenters. The van der Waals surface area contributed by atoms with Gasteiger partial charge in [-0.3, -0.25) is 5.84 Å². The molecule has 0 aliphatic carbocycles. The Labute approximate surface area is 87.8 Å². The van der Waals surface area contributed by atoms with Gasteiger partial charge in [0, 0.05) is 6.54 Å². The predicted octanol–water partition coefficient (Wildman–Crippen LogP) is 1.97. The van der Waals surface area contributed by atoms with Gasteiger partial charge in [-0.25, -0.2) is 5.01 Å². The molecule has 84 valence electrons. The maximum Gasteiger partial charge on any atom is 0.0818 e. The van der Waals surface area contributed by atoms with Crippen LogP contribution in [0.15, 0.2) is 0 Å². The van der Waals surface area contributed by atoms with Gasteiger partial charge in [-0.15, -0.1) is 0 Å². The largest absolute Gasteiger partial charge is 0.312 e. The Morgan fingerprint density at radius 1 is 1.21 bits per heavy atom. The van der Waals surface area contributed by atoms with E-state index >= 15 is 0 Å². The van der Waals surface area contributed by atoms with E-state index in [4.69, 9.17) is 11.6 Å². The molecule has 0 radical (unpaired) electrons. The molecule has 0 saturated carbocycles. The van der Waals surface area contributed by atoms with E-state index in [0.717, 1.165) is 19.4 Å². The van der Waals surface area contributed by atoms with Gasteiger partial charge in [0.1, 0.15) is 0 Å². The lowest BCUT2D eigenvalue weighted by Gasteiger charge is -2.41. The SMILES string of the molecule is CCCCCCC1(N)CCCCN1N. The highest BCUT2D eigenvalue weighted by molar-refractivity contribution is 4.85. The lowest BCUT2D eigenvalue weighted by atomic mass is 9.92. The molecule has 3 heteroatoms. The van der Waals surface area contributed by atoms with Gasteiger partial charge in [0.25, 0.3) is 0 Å². The first-order valence-electron chi connectivity index (χ1n) is 6.00. The van der Waals surface area contributed by atoms with Crippen LogP contribution < -0.4 is 11.6 Å². The standard InChI is InChI=1S/C11H25N3/c1-2-3-4-5-8-11(12)9-6-7-10-14(11)13/h2-10,12-13H2,1H3. The zero-order chi connectivity index (χ0) is 10.4. The molecule has 3 nitrogen and oxygen atoms in total. The van der Waals surface area contributed by atoms with Crippen LogP contribution in [0.4, 0.5) is 0 Å². The van der Waals surface area contributed by atoms with Crippen LogP contribution in [0, 0.1) is 0 Å². The Morgan fingerprint density at radius 2 is 2.00 bits per heavy atom. The number of piperidine rings is 1. The number of hydrazine groups is 1. The summed E-state index contributed by atoms with van der Waals surface area (Å²) in [5.74, 6) is 5.94. The van der Waals surface area contributed by atoms with Crippen molar-refractivity contribution in [3.05, 3.63) is 0 Å². The van der Waals surface area contributed by atoms with Crippen molar-refractivity contribution in [1.82, 2.24) is 5.01 Å². The van der Waals surface area contributed by atoms with Crippen LogP contribution in [0.2, 0.25) is 0 Å². The molecule has 0 amide bonds. The minimum atomic E-state index is -0.202. The van der Waals surface area contributed by atoms with E-state index in [-0.39, 0.29) is 5.66 Å². The maximum atomic E-state index is 6.29. The van der Waals surface area contributed by atoms with Gasteiger partial charge in [-0.05, 0) is 25.7 Å². The molecule has 1 unspecified atom stereocenters. The van der Waals surface area contributed by atoms with Gasteiger partial charge >= 0.3 is 0 Å². The van der Waals surface area contributed by atoms with Gasteiger partial charge in [-0.1, -0.05) is 32.6 Å². The van der Waals surface area contributed by atoms with Gasteiger partial charge in [0.2, 0.25) is 0 Å². The van der Waals surface area contributed by atoms with E-state index in [0.29, 0.717) is 0 Å². The van der Waals surface area contributed by atoms with Crippen molar-refractivity contribution in [1.29, 1.82) is 0 Å². The topological polar surface area (TPSA) is 55.3 Å². The summed E-state index contributed by atoms with van der Waals surface area (Å²) in [5.41, 5.74) is 6.08. The fraction of sp³-hybridized carbons (Fsp3) is 1.00. The van der Waals surface area contributed by atoms with Crippen LogP contribution in [-0.4, -0.2) is 17.2 Å². The Morgan fingerprint density at radius 3 is 2.64 bits per heavy atom. The molecule has 1 aliphatic rings. The number of unbranched alkanes of at least 4 members (excludes halogenated alkanes) is 3. The first-order chi connectivity index (χ1) is 6.69. The normalized spacial score (nSPS) is 29.4. The summed E-state index contributed by atoms with van der Waals surface area (Å²) >= 11 is 0. The Kier molecular flexibility index (Phi) is 4.85. The van der Waals surface area contributed by atoms with Crippen molar-refractivity contribution < 1.29 is 0 Å². The Hall–Kier alpha value is -0.120. The average molecular weight is 199 g/mol. The molecule has 1 fully saturated rings. The van der Waals surface area contributed by atoms with Crippen LogP contribution in [0.25, 0.3) is 0 Å². The molecule has 0 aromatic heterocycles. The van der Waals surface area contributed by atoms with Crippen molar-refractivity contribution in [2.24, 2.45) is 11.6 Å². The molecule has 0 aromatic carbocycles. The summed E-state index contributed by atoms with van der Waals surface area (Å²) in [7, 11) is 0. The fourth-order valence-corrected chi connectivity index (χ4v) is 2.21. The third-order valence-corrected chi connectivity index (χ3v) is 3.29. The summed E-state index contributed by atoms with van der Waals surface area (Å²) in [4.78, 5) is 0. The Balaban J connectivity index is 2.25. The van der Waals surface area contributed by atoms with Crippen molar-refractivity contribution in [3.63, 3.8) is 0 Å². The first kappa shape index (κ1) is 12.0. The number of nitrogens with two attached hydrogens (primary N) is 2. The average Bonchev–Trinajstić information content (AvgIpc) is 2.18. The van der Waals surface area contributed by atoms with Crippen molar-refractivity contribution in [2.75, 3.05) is 6.54 Å². The van der Waals surface area contributed by atoms with Crippen molar-refractivity contribution >= 4 is 0 Å². The minimum absolute atomic E-state index is 0.202. The minimum Gasteiger partial charge on any atom is -0.312 e. The zero-order valence-electron chi connectivity index (χ0n) is 9.47. The summed E-state index contributed by atoms with van der Waals surface area (Å²) < 4.78 is 0. The fourth-order valence-electron chi connectivity index (χ4n) is 2.21. The summed E-state index contributed by atoms with van der Waals surface area (Å²) in [5, 5.41) is 1.86. The van der Waals surface area contributed by atoms with E-state index in [1.54, 1.807) is 0 Å². The highest BCUT2D eigenvalue weighted by Crippen LogP contribution is 2.25. The molecule has 0 bridgehead atoms. The molecule has 0 spiro atoms. The third-order valence-electron chi connectivity index (χ3n) is 3.29. The van der Waals surface area contributed by atoms with Gasteiger partial charge in [0.15, 0.2) is 0 Å². The van der Waals surface area contributed by atoms with Gasteiger partial charge in [-0.2, -0.15) is 0 Å². The lowest BCUT2D eigenvalue weighted by Crippen LogP contribution is -2.61. The van der Waals surface area contributed by atoms with E-state index < -0.39 is 0 Å². The van der Waals surface area contributed by atoms with Crippen LogP contribution in [0.3, 0.4) is 0 Å². The second-order valence-electron chi connectivity index (χ2n) is 4.56. The smallest absolute Gasteiger partial charge is 0.0818 e. The molecule has 14 heavy (non-hydrogen) atoms. The lowest BCUT2D eigenvalue weighted by molar-refractivity contribution is 0.0410. The van der Waals surface area contributed by atoms with Crippen molar-refractivity contribution in [2.45, 2.75) is 64.0 Å². The Bertz CT molecular complexity index is 161. The predicted molar refractivity (Wildman–Crippen MR) is 60.4 cm³/mol. The molecule has 1 saturated heterocycles. The molecule has 0 aromatic rings. The highest BCUT2D eigenvalue weighted by Gasteiger charge is 2.32. The number of hydrogen-bond acceptors (Lipinski definition) is 3. The number of rotatable bonds is 5. The second kappa shape index (κ2) is 5.69. The van der Waals surface area contributed by atoms with Crippen LogP contribution in [0.1, 0.15) is 58.3 Å². The zero-order valence-corrected chi connectivity index (χ0v) is 9.47. The molecule has 4 N–H and O–H groups in total. The van der Waals surface area contributed by atoms with Gasteiger partial charge < -0.3 is 5.73 Å². The van der Waals surface area contributed by atoms with E-state index in [2.05, 4.69) is 6.92 Å². The molecule has 1 heterocycles. The summed E-state index contributed by atoms with van der Waals surface area (Å²) in [6.07, 6.45) is 9.67. The first-order valence-corrected chi connectivity index (χ1v) is 6.00. The quantitative estimate of drug-likeness (QED) is 0.526. The van der Waals surface area contributed by atoms with Crippen LogP contribution in [-0.2, 0) is 0 Å².